The van der Waals surface area contributed by atoms with Crippen molar-refractivity contribution in [3.8, 4) is 0 Å². The van der Waals surface area contributed by atoms with E-state index in [1.54, 1.807) is 30.5 Å². The average Bonchev–Trinajstić information content (AvgIpc) is 3.65. The van der Waals surface area contributed by atoms with Gasteiger partial charge in [-0.1, -0.05) is 24.3 Å². The number of fused-ring (bicyclic) bond motifs is 4. The van der Waals surface area contributed by atoms with E-state index in [1.807, 2.05) is 0 Å². The second kappa shape index (κ2) is 14.2. The van der Waals surface area contributed by atoms with Crippen molar-refractivity contribution in [2.75, 3.05) is 72.5 Å². The third kappa shape index (κ3) is 6.25. The number of carbonyl (C=O) groups excluding carboxylic acids is 4. The first-order valence-corrected chi connectivity index (χ1v) is 18.9. The van der Waals surface area contributed by atoms with E-state index >= 15 is 4.39 Å². The molecule has 0 radical (unpaired) electrons. The van der Waals surface area contributed by atoms with Gasteiger partial charge in [0.2, 0.25) is 0 Å². The molecule has 9 unspecified atom stereocenters. The number of hydrogen-bond acceptors (Lipinski definition) is 10. The summed E-state index contributed by atoms with van der Waals surface area (Å²) in [5, 5.41) is 6.46. The highest BCUT2D eigenvalue weighted by molar-refractivity contribution is 6.20. The normalized spacial score (nSPS) is 36.0. The van der Waals surface area contributed by atoms with Gasteiger partial charge in [-0.15, -0.1) is 0 Å². The Morgan fingerprint density at radius 3 is 2.24 bits per heavy atom. The van der Waals surface area contributed by atoms with Crippen LogP contribution in [0.4, 0.5) is 4.39 Å². The van der Waals surface area contributed by atoms with E-state index in [4.69, 9.17) is 4.74 Å². The Kier molecular flexibility index (Phi) is 9.66. The summed E-state index contributed by atoms with van der Waals surface area (Å²) >= 11 is 0. The standard InChI is InChI=1S/C38H51FN6O5/c1-42-15-17-44(18-16-42)13-6-9-41-38(49)28-22-45-30-20-25-26(35(47)24-8-3-2-7-23(24)34(25)46)21-31(30)50-37-32(40-10-14-43-11-4-5-12-43)29(39)19-27(33(37)45)36(28)48/h2-3,7-8,22,25-27,29-33,37,40H,4-6,9-21H2,1H3,(H,41,49). The van der Waals surface area contributed by atoms with E-state index in [0.717, 1.165) is 58.8 Å². The predicted molar refractivity (Wildman–Crippen MR) is 185 cm³/mol. The van der Waals surface area contributed by atoms with Crippen LogP contribution < -0.4 is 10.6 Å². The van der Waals surface area contributed by atoms with Crippen LogP contribution in [0.5, 0.6) is 0 Å². The Bertz CT molecular complexity index is 1520. The molecule has 50 heavy (non-hydrogen) atoms. The van der Waals surface area contributed by atoms with Gasteiger partial charge in [0, 0.05) is 80.9 Å². The number of likely N-dealkylation sites (tertiary alicyclic amines) is 1. The van der Waals surface area contributed by atoms with Crippen molar-refractivity contribution in [2.45, 2.75) is 75.0 Å². The molecular weight excluding hydrogens is 639 g/mol. The quantitative estimate of drug-likeness (QED) is 0.292. The molecule has 1 aromatic carbocycles. The van der Waals surface area contributed by atoms with E-state index in [2.05, 4.69) is 37.3 Å². The number of likely N-dealkylation sites (N-methyl/N-ethyl adjacent to an activating group) is 1. The van der Waals surface area contributed by atoms with Crippen LogP contribution in [0, 0.1) is 17.8 Å². The fraction of sp³-hybridized carbons (Fsp3) is 0.684. The minimum Gasteiger partial charge on any atom is -0.369 e. The summed E-state index contributed by atoms with van der Waals surface area (Å²) in [5.74, 6) is -2.62. The molecule has 7 aliphatic rings. The van der Waals surface area contributed by atoms with Gasteiger partial charge >= 0.3 is 0 Å². The van der Waals surface area contributed by atoms with Gasteiger partial charge in [-0.3, -0.25) is 19.2 Å². The van der Waals surface area contributed by atoms with Crippen molar-refractivity contribution in [2.24, 2.45) is 17.8 Å². The van der Waals surface area contributed by atoms with Crippen molar-refractivity contribution in [3.63, 3.8) is 0 Å². The van der Waals surface area contributed by atoms with Crippen molar-refractivity contribution in [3.05, 3.63) is 47.2 Å². The van der Waals surface area contributed by atoms with Crippen molar-refractivity contribution >= 4 is 23.3 Å². The van der Waals surface area contributed by atoms with Gasteiger partial charge in [0.15, 0.2) is 17.3 Å². The third-order valence-electron chi connectivity index (χ3n) is 12.7. The lowest BCUT2D eigenvalue weighted by molar-refractivity contribution is -0.202. The predicted octanol–water partition coefficient (Wildman–Crippen LogP) is 1.53. The van der Waals surface area contributed by atoms with Crippen LogP contribution in [0.15, 0.2) is 36.0 Å². The first-order chi connectivity index (χ1) is 24.3. The van der Waals surface area contributed by atoms with Crippen molar-refractivity contribution in [1.82, 2.24) is 30.2 Å². The van der Waals surface area contributed by atoms with Crippen LogP contribution in [0.25, 0.3) is 0 Å². The number of halogens is 1. The lowest BCUT2D eigenvalue weighted by Crippen LogP contribution is -2.74. The molecule has 4 heterocycles. The molecule has 0 bridgehead atoms. The molecule has 9 atom stereocenters. The van der Waals surface area contributed by atoms with Crippen LogP contribution in [0.3, 0.4) is 0 Å². The Morgan fingerprint density at radius 2 is 1.52 bits per heavy atom. The Labute approximate surface area is 293 Å². The smallest absolute Gasteiger partial charge is 0.256 e. The minimum atomic E-state index is -1.34. The van der Waals surface area contributed by atoms with Gasteiger partial charge in [0.05, 0.1) is 35.9 Å². The number of nitrogens with one attached hydrogen (secondary N) is 2. The third-order valence-corrected chi connectivity index (χ3v) is 12.7. The van der Waals surface area contributed by atoms with Gasteiger partial charge in [-0.25, -0.2) is 4.39 Å². The lowest BCUT2D eigenvalue weighted by Gasteiger charge is -2.60. The molecule has 4 aliphatic heterocycles. The Hall–Kier alpha value is -3.03. The molecular formula is C38H51FN6O5. The summed E-state index contributed by atoms with van der Waals surface area (Å²) in [6.45, 7) is 8.88. The van der Waals surface area contributed by atoms with E-state index in [-0.39, 0.29) is 35.4 Å². The van der Waals surface area contributed by atoms with E-state index in [0.29, 0.717) is 37.1 Å². The number of ether oxygens (including phenoxy) is 1. The summed E-state index contributed by atoms with van der Waals surface area (Å²) in [7, 11) is 2.12. The first-order valence-electron chi connectivity index (χ1n) is 18.9. The molecule has 2 N–H and O–H groups in total. The molecule has 3 aliphatic carbocycles. The monoisotopic (exact) mass is 690 g/mol. The zero-order valence-corrected chi connectivity index (χ0v) is 29.1. The van der Waals surface area contributed by atoms with Crippen LogP contribution in [-0.4, -0.2) is 152 Å². The summed E-state index contributed by atoms with van der Waals surface area (Å²) < 4.78 is 23.1. The van der Waals surface area contributed by atoms with Gasteiger partial charge in [-0.05, 0) is 65.2 Å². The fourth-order valence-corrected chi connectivity index (χ4v) is 9.98. The SMILES string of the molecule is CN1CCN(CCCNC(=O)C2=CN3C4CC5C(=O)c6ccccc6C(=O)C5CC4OC4C(NCCN5CCCC5)C(F)CC(C2=O)C43)CC1. The maximum Gasteiger partial charge on any atom is 0.256 e. The maximum absolute atomic E-state index is 16.3. The number of hydrogen-bond donors (Lipinski definition) is 2. The van der Waals surface area contributed by atoms with E-state index in [1.165, 1.54) is 12.8 Å². The Morgan fingerprint density at radius 1 is 0.840 bits per heavy atom. The van der Waals surface area contributed by atoms with Gasteiger partial charge in [0.25, 0.3) is 5.91 Å². The highest BCUT2D eigenvalue weighted by atomic mass is 19.1. The highest BCUT2D eigenvalue weighted by Crippen LogP contribution is 2.49. The summed E-state index contributed by atoms with van der Waals surface area (Å²) in [5.41, 5.74) is 0.978. The second-order valence-electron chi connectivity index (χ2n) is 15.7. The maximum atomic E-state index is 16.3. The van der Waals surface area contributed by atoms with E-state index < -0.39 is 54.1 Å². The van der Waals surface area contributed by atoms with Gasteiger partial charge in [-0.2, -0.15) is 0 Å². The summed E-state index contributed by atoms with van der Waals surface area (Å²) in [4.78, 5) is 64.5. The molecule has 1 aromatic rings. The highest BCUT2D eigenvalue weighted by Gasteiger charge is 2.61. The van der Waals surface area contributed by atoms with Gasteiger partial charge in [0.1, 0.15) is 6.17 Å². The van der Waals surface area contributed by atoms with E-state index in [9.17, 15) is 19.2 Å². The second-order valence-corrected chi connectivity index (χ2v) is 15.7. The van der Waals surface area contributed by atoms with Crippen LogP contribution in [-0.2, 0) is 14.3 Å². The number of nitrogens with zero attached hydrogens (tertiary/aromatic N) is 4. The molecule has 11 nitrogen and oxygen atoms in total. The molecule has 0 spiro atoms. The number of Topliss-reactive ketones (excluding diaryl/α,β-unsaturated/α-hetero) is 3. The van der Waals surface area contributed by atoms with Crippen LogP contribution >= 0.6 is 0 Å². The molecule has 1 amide bonds. The number of piperazine rings is 1. The molecule has 2 saturated carbocycles. The fourth-order valence-electron chi connectivity index (χ4n) is 9.98. The number of amides is 1. The molecule has 5 fully saturated rings. The number of alkyl halides is 1. The van der Waals surface area contributed by atoms with Crippen LogP contribution in [0.1, 0.15) is 59.2 Å². The number of ketones is 3. The van der Waals surface area contributed by atoms with Crippen LogP contribution in [0.2, 0.25) is 0 Å². The molecule has 270 valence electrons. The summed E-state index contributed by atoms with van der Waals surface area (Å²) in [6.07, 6.45) is 3.10. The minimum absolute atomic E-state index is 0.00347. The van der Waals surface area contributed by atoms with Crippen molar-refractivity contribution in [1.29, 1.82) is 0 Å². The molecule has 8 rings (SSSR count). The number of rotatable bonds is 9. The molecule has 12 heteroatoms. The zero-order chi connectivity index (χ0) is 34.5. The number of morpholine rings is 1. The molecule has 0 aromatic heterocycles. The summed E-state index contributed by atoms with van der Waals surface area (Å²) in [6, 6.07) is 5.61. The van der Waals surface area contributed by atoms with Crippen molar-refractivity contribution < 1.29 is 28.3 Å². The Balaban J connectivity index is 1.04. The largest absolute Gasteiger partial charge is 0.369 e. The molecule has 3 saturated heterocycles. The first kappa shape index (κ1) is 34.1. The topological polar surface area (TPSA) is 115 Å². The number of carbonyl (C=O) groups is 4. The zero-order valence-electron chi connectivity index (χ0n) is 29.1. The average molecular weight is 691 g/mol. The van der Waals surface area contributed by atoms with Gasteiger partial charge < -0.3 is 35.0 Å². The number of benzene rings is 1. The lowest BCUT2D eigenvalue weighted by atomic mass is 9.63.